The Morgan fingerprint density at radius 2 is 2.10 bits per heavy atom. The summed E-state index contributed by atoms with van der Waals surface area (Å²) < 4.78 is 13.5. The monoisotopic (exact) mass is 298 g/mol. The highest BCUT2D eigenvalue weighted by atomic mass is 35.5. The van der Waals surface area contributed by atoms with E-state index in [1.807, 2.05) is 0 Å². The van der Waals surface area contributed by atoms with E-state index < -0.39 is 17.5 Å². The van der Waals surface area contributed by atoms with Gasteiger partial charge in [-0.3, -0.25) is 14.4 Å². The average molecular weight is 299 g/mol. The van der Waals surface area contributed by atoms with Crippen LogP contribution in [0.2, 0.25) is 5.02 Å². The van der Waals surface area contributed by atoms with Gasteiger partial charge in [-0.25, -0.2) is 4.39 Å². The lowest BCUT2D eigenvalue weighted by atomic mass is 10.1. The molecule has 0 atom stereocenters. The van der Waals surface area contributed by atoms with Gasteiger partial charge in [0, 0.05) is 19.5 Å². The van der Waals surface area contributed by atoms with E-state index in [1.54, 1.807) is 6.92 Å². The minimum absolute atomic E-state index is 0.0183. The number of Topliss-reactive ketones (excluding diaryl/α,β-unsaturated/α-hetero) is 1. The van der Waals surface area contributed by atoms with Crippen LogP contribution in [-0.2, 0) is 9.59 Å². The average Bonchev–Trinajstić information content (AvgIpc) is 2.62. The van der Waals surface area contributed by atoms with Crippen molar-refractivity contribution in [2.24, 2.45) is 0 Å². The lowest BCUT2D eigenvalue weighted by Crippen LogP contribution is -2.34. The maximum atomic E-state index is 13.5. The number of carbonyl (C=O) groups excluding carboxylic acids is 3. The van der Waals surface area contributed by atoms with Crippen molar-refractivity contribution >= 4 is 34.9 Å². The second-order valence-corrected chi connectivity index (χ2v) is 4.68. The van der Waals surface area contributed by atoms with Crippen molar-refractivity contribution in [3.8, 4) is 0 Å². The Kier molecular flexibility index (Phi) is 4.04. The van der Waals surface area contributed by atoms with Gasteiger partial charge in [0.05, 0.1) is 16.3 Å². The molecule has 0 saturated heterocycles. The summed E-state index contributed by atoms with van der Waals surface area (Å²) in [5.41, 5.74) is 0.225. The highest BCUT2D eigenvalue weighted by Gasteiger charge is 2.36. The SMILES string of the molecule is CCNC(=O)CCN1C(=O)C(=O)c2cc(Cl)c(F)cc21. The van der Waals surface area contributed by atoms with Gasteiger partial charge >= 0.3 is 0 Å². The van der Waals surface area contributed by atoms with Crippen molar-refractivity contribution in [1.82, 2.24) is 5.32 Å². The molecule has 0 bridgehead atoms. The third kappa shape index (κ3) is 2.51. The predicted molar refractivity (Wildman–Crippen MR) is 71.4 cm³/mol. The summed E-state index contributed by atoms with van der Waals surface area (Å²) in [6.07, 6.45) is 0.0382. The fourth-order valence-corrected chi connectivity index (χ4v) is 2.17. The van der Waals surface area contributed by atoms with Crippen LogP contribution in [0.1, 0.15) is 23.7 Å². The Balaban J connectivity index is 2.24. The van der Waals surface area contributed by atoms with Gasteiger partial charge in [0.15, 0.2) is 0 Å². The van der Waals surface area contributed by atoms with Crippen molar-refractivity contribution in [1.29, 1.82) is 0 Å². The molecule has 2 rings (SSSR count). The van der Waals surface area contributed by atoms with Crippen LogP contribution in [-0.4, -0.2) is 30.7 Å². The second kappa shape index (κ2) is 5.58. The first kappa shape index (κ1) is 14.5. The number of ketones is 1. The topological polar surface area (TPSA) is 66.5 Å². The van der Waals surface area contributed by atoms with Gasteiger partial charge in [-0.15, -0.1) is 0 Å². The maximum absolute atomic E-state index is 13.5. The van der Waals surface area contributed by atoms with E-state index in [-0.39, 0.29) is 35.1 Å². The number of anilines is 1. The molecule has 7 heteroatoms. The van der Waals surface area contributed by atoms with Crippen LogP contribution in [0.25, 0.3) is 0 Å². The van der Waals surface area contributed by atoms with Crippen LogP contribution >= 0.6 is 11.6 Å². The van der Waals surface area contributed by atoms with E-state index in [4.69, 9.17) is 11.6 Å². The largest absolute Gasteiger partial charge is 0.356 e. The quantitative estimate of drug-likeness (QED) is 0.857. The number of nitrogens with one attached hydrogen (secondary N) is 1. The lowest BCUT2D eigenvalue weighted by Gasteiger charge is -2.16. The van der Waals surface area contributed by atoms with Gasteiger partial charge in [0.1, 0.15) is 5.82 Å². The summed E-state index contributed by atoms with van der Waals surface area (Å²) >= 11 is 5.60. The molecule has 0 fully saturated rings. The van der Waals surface area contributed by atoms with Gasteiger partial charge in [0.25, 0.3) is 11.7 Å². The zero-order chi connectivity index (χ0) is 14.9. The van der Waals surface area contributed by atoms with Gasteiger partial charge in [0.2, 0.25) is 5.91 Å². The molecule has 0 aliphatic carbocycles. The van der Waals surface area contributed by atoms with Crippen molar-refractivity contribution in [2.75, 3.05) is 18.0 Å². The molecule has 5 nitrogen and oxygen atoms in total. The Hall–Kier alpha value is -1.95. The summed E-state index contributed by atoms with van der Waals surface area (Å²) in [5, 5.41) is 2.37. The van der Waals surface area contributed by atoms with Crippen LogP contribution in [0.5, 0.6) is 0 Å². The number of amides is 2. The molecule has 1 heterocycles. The van der Waals surface area contributed by atoms with Gasteiger partial charge < -0.3 is 10.2 Å². The first-order valence-corrected chi connectivity index (χ1v) is 6.45. The first-order chi connectivity index (χ1) is 9.45. The third-order valence-corrected chi connectivity index (χ3v) is 3.24. The van der Waals surface area contributed by atoms with Crippen LogP contribution in [0.3, 0.4) is 0 Å². The minimum atomic E-state index is -0.772. The molecular formula is C13H12ClFN2O3. The van der Waals surface area contributed by atoms with Gasteiger partial charge in [-0.1, -0.05) is 11.6 Å². The fraction of sp³-hybridized carbons (Fsp3) is 0.308. The van der Waals surface area contributed by atoms with E-state index in [2.05, 4.69) is 5.32 Å². The number of halogens is 2. The molecule has 0 radical (unpaired) electrons. The number of hydrogen-bond acceptors (Lipinski definition) is 3. The van der Waals surface area contributed by atoms with Crippen molar-refractivity contribution < 1.29 is 18.8 Å². The number of benzene rings is 1. The molecule has 1 aromatic rings. The Labute approximate surface area is 119 Å². The summed E-state index contributed by atoms with van der Waals surface area (Å²) in [4.78, 5) is 36.1. The van der Waals surface area contributed by atoms with E-state index >= 15 is 0 Å². The Morgan fingerprint density at radius 3 is 2.75 bits per heavy atom. The second-order valence-electron chi connectivity index (χ2n) is 4.27. The van der Waals surface area contributed by atoms with Crippen LogP contribution in [0.15, 0.2) is 12.1 Å². The standard InChI is InChI=1S/C13H12ClFN2O3/c1-2-16-11(18)3-4-17-10-6-9(15)8(14)5-7(10)12(19)13(17)20/h5-6H,2-4H2,1H3,(H,16,18). The number of carbonyl (C=O) groups is 3. The van der Waals surface area contributed by atoms with E-state index in [1.165, 1.54) is 0 Å². The molecule has 1 aliphatic rings. The molecule has 2 amide bonds. The summed E-state index contributed by atoms with van der Waals surface area (Å²) in [7, 11) is 0. The lowest BCUT2D eigenvalue weighted by molar-refractivity contribution is -0.120. The van der Waals surface area contributed by atoms with Crippen molar-refractivity contribution in [3.63, 3.8) is 0 Å². The molecule has 0 aromatic heterocycles. The molecule has 0 spiro atoms. The number of hydrogen-bond donors (Lipinski definition) is 1. The fourth-order valence-electron chi connectivity index (χ4n) is 2.01. The summed E-state index contributed by atoms with van der Waals surface area (Å²) in [5.74, 6) is -2.46. The molecule has 1 aromatic carbocycles. The van der Waals surface area contributed by atoms with Crippen LogP contribution < -0.4 is 10.2 Å². The normalized spacial score (nSPS) is 13.7. The number of fused-ring (bicyclic) bond motifs is 1. The van der Waals surface area contributed by atoms with E-state index in [0.717, 1.165) is 17.0 Å². The van der Waals surface area contributed by atoms with Gasteiger partial charge in [-0.05, 0) is 19.1 Å². The Bertz CT molecular complexity index is 604. The van der Waals surface area contributed by atoms with Crippen LogP contribution in [0, 0.1) is 5.82 Å². The molecule has 0 saturated carbocycles. The summed E-state index contributed by atoms with van der Waals surface area (Å²) in [6.45, 7) is 2.27. The van der Waals surface area contributed by atoms with E-state index in [9.17, 15) is 18.8 Å². The molecule has 1 N–H and O–H groups in total. The minimum Gasteiger partial charge on any atom is -0.356 e. The first-order valence-electron chi connectivity index (χ1n) is 6.07. The highest BCUT2D eigenvalue weighted by molar-refractivity contribution is 6.52. The van der Waals surface area contributed by atoms with E-state index in [0.29, 0.717) is 6.54 Å². The third-order valence-electron chi connectivity index (χ3n) is 2.95. The molecule has 0 unspecified atom stereocenters. The predicted octanol–water partition coefficient (Wildman–Crippen LogP) is 1.53. The zero-order valence-corrected chi connectivity index (χ0v) is 11.5. The smallest absolute Gasteiger partial charge is 0.299 e. The highest BCUT2D eigenvalue weighted by Crippen LogP contribution is 2.33. The molecule has 1 aliphatic heterocycles. The Morgan fingerprint density at radius 1 is 1.40 bits per heavy atom. The molecule has 106 valence electrons. The molecule has 20 heavy (non-hydrogen) atoms. The van der Waals surface area contributed by atoms with Crippen LogP contribution in [0.4, 0.5) is 10.1 Å². The van der Waals surface area contributed by atoms with Crippen molar-refractivity contribution in [3.05, 3.63) is 28.5 Å². The van der Waals surface area contributed by atoms with Crippen molar-refractivity contribution in [2.45, 2.75) is 13.3 Å². The number of nitrogens with zero attached hydrogens (tertiary/aromatic N) is 1. The molecular weight excluding hydrogens is 287 g/mol. The van der Waals surface area contributed by atoms with Gasteiger partial charge in [-0.2, -0.15) is 0 Å². The zero-order valence-electron chi connectivity index (χ0n) is 10.7. The summed E-state index contributed by atoms with van der Waals surface area (Å²) in [6, 6.07) is 2.18. The number of rotatable bonds is 4. The maximum Gasteiger partial charge on any atom is 0.299 e.